The Kier molecular flexibility index (Phi) is 3.97. The summed E-state index contributed by atoms with van der Waals surface area (Å²) in [5.74, 6) is 0.265. The van der Waals surface area contributed by atoms with Crippen LogP contribution in [0.2, 0.25) is 5.02 Å². The lowest BCUT2D eigenvalue weighted by Crippen LogP contribution is -2.12. The zero-order valence-electron chi connectivity index (χ0n) is 13.1. The fraction of sp³-hybridized carbons (Fsp3) is 0.167. The molecule has 0 radical (unpaired) electrons. The van der Waals surface area contributed by atoms with Crippen molar-refractivity contribution in [3.8, 4) is 11.5 Å². The predicted octanol–water partition coefficient (Wildman–Crippen LogP) is 4.37. The van der Waals surface area contributed by atoms with Crippen LogP contribution in [0.1, 0.15) is 16.9 Å². The number of anilines is 1. The van der Waals surface area contributed by atoms with Gasteiger partial charge in [-0.15, -0.1) is 0 Å². The zero-order valence-corrected chi connectivity index (χ0v) is 13.8. The van der Waals surface area contributed by atoms with Crippen LogP contribution in [-0.2, 0) is 0 Å². The Morgan fingerprint density at radius 2 is 1.92 bits per heavy atom. The number of aromatic amines is 1. The van der Waals surface area contributed by atoms with Gasteiger partial charge in [0.25, 0.3) is 5.91 Å². The Bertz CT molecular complexity index is 970. The molecule has 0 unspecified atom stereocenters. The highest BCUT2D eigenvalue weighted by molar-refractivity contribution is 6.34. The number of aromatic nitrogens is 1. The van der Waals surface area contributed by atoms with Gasteiger partial charge in [0.15, 0.2) is 11.5 Å². The minimum atomic E-state index is -0.424. The molecule has 1 aromatic heterocycles. The fourth-order valence-electron chi connectivity index (χ4n) is 2.71. The number of halogens is 2. The molecule has 2 heterocycles. The van der Waals surface area contributed by atoms with Crippen LogP contribution in [0.25, 0.3) is 10.9 Å². The molecule has 2 N–H and O–H groups in total. The molecule has 25 heavy (non-hydrogen) atoms. The Morgan fingerprint density at radius 3 is 2.68 bits per heavy atom. The van der Waals surface area contributed by atoms with Crippen LogP contribution in [0.3, 0.4) is 0 Å². The van der Waals surface area contributed by atoms with Crippen LogP contribution in [0, 0.1) is 5.82 Å². The van der Waals surface area contributed by atoms with Crippen LogP contribution in [0.4, 0.5) is 10.1 Å². The largest absolute Gasteiger partial charge is 0.490 e. The van der Waals surface area contributed by atoms with Gasteiger partial charge in [-0.3, -0.25) is 4.79 Å². The summed E-state index contributed by atoms with van der Waals surface area (Å²) in [4.78, 5) is 15.4. The number of fused-ring (bicyclic) bond motifs is 2. The summed E-state index contributed by atoms with van der Waals surface area (Å²) in [5.41, 5.74) is 1.19. The van der Waals surface area contributed by atoms with Crippen LogP contribution in [-0.4, -0.2) is 24.1 Å². The first-order valence-electron chi connectivity index (χ1n) is 7.79. The van der Waals surface area contributed by atoms with Crippen molar-refractivity contribution in [3.05, 3.63) is 52.9 Å². The van der Waals surface area contributed by atoms with E-state index in [0.29, 0.717) is 46.3 Å². The van der Waals surface area contributed by atoms with Gasteiger partial charge in [-0.1, -0.05) is 17.7 Å². The number of hydrogen-bond acceptors (Lipinski definition) is 3. The quantitative estimate of drug-likeness (QED) is 0.713. The number of carbonyl (C=O) groups is 1. The maximum atomic E-state index is 13.8. The molecule has 2 aromatic carbocycles. The predicted molar refractivity (Wildman–Crippen MR) is 93.3 cm³/mol. The highest BCUT2D eigenvalue weighted by Crippen LogP contribution is 2.37. The first kappa shape index (κ1) is 15.8. The van der Waals surface area contributed by atoms with Crippen LogP contribution in [0.5, 0.6) is 11.5 Å². The summed E-state index contributed by atoms with van der Waals surface area (Å²) in [6.45, 7) is 1.08. The van der Waals surface area contributed by atoms with Gasteiger partial charge in [0.05, 0.1) is 23.9 Å². The molecule has 4 rings (SSSR count). The third-order valence-corrected chi connectivity index (χ3v) is 4.25. The van der Waals surface area contributed by atoms with Crippen LogP contribution in [0.15, 0.2) is 36.4 Å². The molecule has 0 bridgehead atoms. The molecule has 0 saturated heterocycles. The monoisotopic (exact) mass is 360 g/mol. The molecule has 0 atom stereocenters. The summed E-state index contributed by atoms with van der Waals surface area (Å²) in [6, 6.07) is 9.34. The second-order valence-corrected chi connectivity index (χ2v) is 6.07. The molecule has 0 saturated carbocycles. The van der Waals surface area contributed by atoms with Crippen molar-refractivity contribution in [2.45, 2.75) is 6.42 Å². The summed E-state index contributed by atoms with van der Waals surface area (Å²) >= 11 is 6.23. The lowest BCUT2D eigenvalue weighted by Gasteiger charge is -2.12. The molecule has 128 valence electrons. The number of ether oxygens (including phenoxy) is 2. The average molecular weight is 361 g/mol. The fourth-order valence-corrected chi connectivity index (χ4v) is 2.91. The van der Waals surface area contributed by atoms with E-state index in [4.69, 9.17) is 21.1 Å². The zero-order chi connectivity index (χ0) is 17.4. The standard InChI is InChI=1S/C18H14ClFN2O3/c19-11-8-16-17(25-6-2-5-24-16)9-14(11)22-18(23)15-7-10-12(20)3-1-4-13(10)21-15/h1,3-4,7-9,21H,2,5-6H2,(H,22,23). The topological polar surface area (TPSA) is 63.4 Å². The van der Waals surface area contributed by atoms with Crippen molar-refractivity contribution in [1.29, 1.82) is 0 Å². The molecular formula is C18H14ClFN2O3. The molecule has 0 fully saturated rings. The highest BCUT2D eigenvalue weighted by atomic mass is 35.5. The van der Waals surface area contributed by atoms with Crippen molar-refractivity contribution < 1.29 is 18.7 Å². The van der Waals surface area contributed by atoms with Gasteiger partial charge < -0.3 is 19.8 Å². The molecule has 0 spiro atoms. The SMILES string of the molecule is O=C(Nc1cc2c(cc1Cl)OCCCO2)c1cc2c(F)cccc2[nH]1. The first-order valence-corrected chi connectivity index (χ1v) is 8.17. The van der Waals surface area contributed by atoms with Crippen molar-refractivity contribution in [2.24, 2.45) is 0 Å². The summed E-state index contributed by atoms with van der Waals surface area (Å²) < 4.78 is 24.9. The van der Waals surface area contributed by atoms with Crippen molar-refractivity contribution in [3.63, 3.8) is 0 Å². The van der Waals surface area contributed by atoms with E-state index in [1.807, 2.05) is 0 Å². The normalized spacial score (nSPS) is 13.5. The summed E-state index contributed by atoms with van der Waals surface area (Å²) in [5, 5.41) is 3.41. The second kappa shape index (κ2) is 6.29. The maximum absolute atomic E-state index is 13.8. The van der Waals surface area contributed by atoms with Crippen molar-refractivity contribution >= 4 is 34.1 Å². The van der Waals surface area contributed by atoms with Gasteiger partial charge >= 0.3 is 0 Å². The molecule has 3 aromatic rings. The van der Waals surface area contributed by atoms with Gasteiger partial charge in [-0.05, 0) is 18.2 Å². The number of nitrogens with one attached hydrogen (secondary N) is 2. The van der Waals surface area contributed by atoms with Gasteiger partial charge in [-0.2, -0.15) is 0 Å². The smallest absolute Gasteiger partial charge is 0.272 e. The van der Waals surface area contributed by atoms with E-state index < -0.39 is 5.91 Å². The van der Waals surface area contributed by atoms with Gasteiger partial charge in [0.2, 0.25) is 0 Å². The van der Waals surface area contributed by atoms with Gasteiger partial charge in [-0.25, -0.2) is 4.39 Å². The maximum Gasteiger partial charge on any atom is 0.272 e. The molecule has 5 nitrogen and oxygen atoms in total. The Morgan fingerprint density at radius 1 is 1.16 bits per heavy atom. The summed E-state index contributed by atoms with van der Waals surface area (Å²) in [7, 11) is 0. The minimum absolute atomic E-state index is 0.239. The summed E-state index contributed by atoms with van der Waals surface area (Å²) in [6.07, 6.45) is 0.772. The van der Waals surface area contributed by atoms with E-state index in [2.05, 4.69) is 10.3 Å². The van der Waals surface area contributed by atoms with Gasteiger partial charge in [0.1, 0.15) is 11.5 Å². The Balaban J connectivity index is 1.63. The third-order valence-electron chi connectivity index (χ3n) is 3.94. The second-order valence-electron chi connectivity index (χ2n) is 5.67. The lowest BCUT2D eigenvalue weighted by atomic mass is 10.2. The van der Waals surface area contributed by atoms with Crippen LogP contribution >= 0.6 is 11.6 Å². The molecular weight excluding hydrogens is 347 g/mol. The molecule has 0 aliphatic carbocycles. The lowest BCUT2D eigenvalue weighted by molar-refractivity contribution is 0.102. The van der Waals surface area contributed by atoms with Gasteiger partial charge in [0, 0.05) is 29.5 Å². The van der Waals surface area contributed by atoms with E-state index in [9.17, 15) is 9.18 Å². The number of rotatable bonds is 2. The van der Waals surface area contributed by atoms with Crippen molar-refractivity contribution in [2.75, 3.05) is 18.5 Å². The number of hydrogen-bond donors (Lipinski definition) is 2. The number of benzene rings is 2. The van der Waals surface area contributed by atoms with E-state index >= 15 is 0 Å². The van der Waals surface area contributed by atoms with E-state index in [-0.39, 0.29) is 11.5 Å². The third kappa shape index (κ3) is 3.00. The van der Waals surface area contributed by atoms with Crippen LogP contribution < -0.4 is 14.8 Å². The van der Waals surface area contributed by atoms with E-state index in [0.717, 1.165) is 6.42 Å². The molecule has 1 amide bonds. The molecule has 7 heteroatoms. The number of carbonyl (C=O) groups excluding carboxylic acids is 1. The van der Waals surface area contributed by atoms with Crippen molar-refractivity contribution in [1.82, 2.24) is 4.98 Å². The van der Waals surface area contributed by atoms with E-state index in [1.54, 1.807) is 24.3 Å². The van der Waals surface area contributed by atoms with E-state index in [1.165, 1.54) is 12.1 Å². The Labute approximate surface area is 147 Å². The average Bonchev–Trinajstić information content (AvgIpc) is 2.91. The first-order chi connectivity index (χ1) is 12.1. The number of H-pyrrole nitrogens is 1. The minimum Gasteiger partial charge on any atom is -0.490 e. The highest BCUT2D eigenvalue weighted by Gasteiger charge is 2.17. The molecule has 1 aliphatic heterocycles. The molecule has 1 aliphatic rings. The number of amides is 1. The Hall–Kier alpha value is -2.73.